The Labute approximate surface area is 244 Å². The van der Waals surface area contributed by atoms with Gasteiger partial charge in [0.05, 0.1) is 16.3 Å². The zero-order valence-corrected chi connectivity index (χ0v) is 24.1. The third-order valence-electron chi connectivity index (χ3n) is 6.23. The van der Waals surface area contributed by atoms with Gasteiger partial charge in [0.2, 0.25) is 0 Å². The van der Waals surface area contributed by atoms with E-state index in [9.17, 15) is 18.0 Å². The predicted octanol–water partition coefficient (Wildman–Crippen LogP) is 5.89. The number of sulfonamides is 1. The fourth-order valence-corrected chi connectivity index (χ4v) is 5.77. The number of amides is 2. The first-order chi connectivity index (χ1) is 19.7. The van der Waals surface area contributed by atoms with Crippen LogP contribution >= 0.6 is 11.6 Å². The highest BCUT2D eigenvalue weighted by atomic mass is 35.5. The lowest BCUT2D eigenvalue weighted by atomic mass is 10.1. The van der Waals surface area contributed by atoms with Crippen LogP contribution in [0, 0.1) is 0 Å². The summed E-state index contributed by atoms with van der Waals surface area (Å²) in [6, 6.07) is 28.7. The number of halogens is 1. The average molecular weight is 589 g/mol. The molecule has 8 nitrogen and oxygen atoms in total. The Hall–Kier alpha value is -4.47. The summed E-state index contributed by atoms with van der Waals surface area (Å²) in [6.45, 7) is 3.15. The Balaban J connectivity index is 1.52. The molecular weight excluding hydrogens is 560 g/mol. The van der Waals surface area contributed by atoms with Crippen molar-refractivity contribution in [3.8, 4) is 0 Å². The van der Waals surface area contributed by atoms with E-state index >= 15 is 0 Å². The van der Waals surface area contributed by atoms with Gasteiger partial charge < -0.3 is 5.32 Å². The molecule has 2 N–H and O–H groups in total. The number of nitrogens with zero attached hydrogens (tertiary/aromatic N) is 2. The lowest BCUT2D eigenvalue weighted by Crippen LogP contribution is -2.40. The standard InChI is InChI=1S/C31H29ClN4O4S/c1-3-23-11-7-8-18-29(23)36(41(39,40)28-16-5-4-6-17-28)21-30(37)35-34-22(2)24-12-10-15-27(20-24)33-31(38)25-13-9-14-26(32)19-25/h4-20H,3,21H2,1-2H3,(H,33,38)(H,35,37)/b34-22-. The maximum Gasteiger partial charge on any atom is 0.264 e. The van der Waals surface area contributed by atoms with Crippen LogP contribution < -0.4 is 15.0 Å². The highest BCUT2D eigenvalue weighted by Gasteiger charge is 2.28. The third kappa shape index (κ3) is 7.39. The smallest absolute Gasteiger partial charge is 0.264 e. The second kappa shape index (κ2) is 13.3. The Kier molecular flexibility index (Phi) is 9.54. The van der Waals surface area contributed by atoms with Gasteiger partial charge in [-0.2, -0.15) is 5.10 Å². The summed E-state index contributed by atoms with van der Waals surface area (Å²) >= 11 is 5.99. The van der Waals surface area contributed by atoms with Gasteiger partial charge in [0.1, 0.15) is 6.54 Å². The van der Waals surface area contributed by atoms with Gasteiger partial charge in [0.15, 0.2) is 0 Å². The summed E-state index contributed by atoms with van der Waals surface area (Å²) in [6.07, 6.45) is 0.583. The molecule has 0 radical (unpaired) electrons. The molecule has 0 fully saturated rings. The summed E-state index contributed by atoms with van der Waals surface area (Å²) in [5, 5.41) is 7.47. The van der Waals surface area contributed by atoms with Crippen LogP contribution in [0.5, 0.6) is 0 Å². The van der Waals surface area contributed by atoms with Crippen molar-refractivity contribution in [1.82, 2.24) is 5.43 Å². The SMILES string of the molecule is CCc1ccccc1N(CC(=O)N/N=C(/C)c1cccc(NC(=O)c2cccc(Cl)c2)c1)S(=O)(=O)c1ccccc1. The number of rotatable bonds is 10. The largest absolute Gasteiger partial charge is 0.322 e. The Morgan fingerprint density at radius 3 is 2.27 bits per heavy atom. The second-order valence-electron chi connectivity index (χ2n) is 9.08. The Morgan fingerprint density at radius 1 is 0.854 bits per heavy atom. The number of carbonyl (C=O) groups excluding carboxylic acids is 2. The molecular formula is C31H29ClN4O4S. The van der Waals surface area contributed by atoms with E-state index in [2.05, 4.69) is 15.8 Å². The molecule has 0 bridgehead atoms. The minimum absolute atomic E-state index is 0.0787. The van der Waals surface area contributed by atoms with E-state index in [-0.39, 0.29) is 10.8 Å². The van der Waals surface area contributed by atoms with Crippen LogP contribution in [0.3, 0.4) is 0 Å². The molecule has 0 aliphatic heterocycles. The number of carbonyl (C=O) groups is 2. The van der Waals surface area contributed by atoms with Gasteiger partial charge >= 0.3 is 0 Å². The van der Waals surface area contributed by atoms with Gasteiger partial charge in [-0.25, -0.2) is 13.8 Å². The van der Waals surface area contributed by atoms with Crippen LogP contribution in [0.25, 0.3) is 0 Å². The maximum absolute atomic E-state index is 13.6. The summed E-state index contributed by atoms with van der Waals surface area (Å²) in [7, 11) is -4.04. The number of nitrogens with one attached hydrogen (secondary N) is 2. The third-order valence-corrected chi connectivity index (χ3v) is 8.24. The van der Waals surface area contributed by atoms with Crippen molar-refractivity contribution < 1.29 is 18.0 Å². The van der Waals surface area contributed by atoms with Crippen LogP contribution in [-0.2, 0) is 21.2 Å². The van der Waals surface area contributed by atoms with Gasteiger partial charge in [-0.3, -0.25) is 13.9 Å². The normalized spacial score (nSPS) is 11.5. The highest BCUT2D eigenvalue weighted by molar-refractivity contribution is 7.92. The van der Waals surface area contributed by atoms with E-state index in [1.165, 1.54) is 12.1 Å². The van der Waals surface area contributed by atoms with Crippen LogP contribution in [0.4, 0.5) is 11.4 Å². The molecule has 0 heterocycles. The Bertz CT molecular complexity index is 1690. The van der Waals surface area contributed by atoms with Crippen molar-refractivity contribution in [2.75, 3.05) is 16.2 Å². The summed E-state index contributed by atoms with van der Waals surface area (Å²) in [4.78, 5) is 25.7. The first-order valence-corrected chi connectivity index (χ1v) is 14.7. The number of aryl methyl sites for hydroxylation is 1. The van der Waals surface area contributed by atoms with Crippen molar-refractivity contribution in [2.24, 2.45) is 5.10 Å². The number of benzene rings is 4. The average Bonchev–Trinajstić information content (AvgIpc) is 2.99. The fourth-order valence-electron chi connectivity index (χ4n) is 4.10. The van der Waals surface area contributed by atoms with E-state index in [1.807, 2.05) is 19.1 Å². The molecule has 0 saturated heterocycles. The van der Waals surface area contributed by atoms with E-state index in [0.717, 1.165) is 9.87 Å². The molecule has 0 aliphatic carbocycles. The minimum atomic E-state index is -4.04. The predicted molar refractivity (Wildman–Crippen MR) is 163 cm³/mol. The van der Waals surface area contributed by atoms with Crippen LogP contribution in [-0.4, -0.2) is 32.5 Å². The zero-order valence-electron chi connectivity index (χ0n) is 22.5. The maximum atomic E-state index is 13.6. The van der Waals surface area contributed by atoms with Crippen molar-refractivity contribution in [3.63, 3.8) is 0 Å². The fraction of sp³-hybridized carbons (Fsp3) is 0.129. The van der Waals surface area contributed by atoms with Crippen molar-refractivity contribution in [2.45, 2.75) is 25.2 Å². The van der Waals surface area contributed by atoms with Crippen LogP contribution in [0.2, 0.25) is 5.02 Å². The van der Waals surface area contributed by atoms with Gasteiger partial charge in [-0.05, 0) is 73.0 Å². The molecule has 0 aliphatic rings. The molecule has 41 heavy (non-hydrogen) atoms. The quantitative estimate of drug-likeness (QED) is 0.178. The number of anilines is 2. The zero-order chi connectivity index (χ0) is 29.4. The molecule has 10 heteroatoms. The lowest BCUT2D eigenvalue weighted by molar-refractivity contribution is -0.119. The molecule has 0 atom stereocenters. The molecule has 0 spiro atoms. The first-order valence-electron chi connectivity index (χ1n) is 12.8. The summed E-state index contributed by atoms with van der Waals surface area (Å²) in [5.41, 5.74) is 5.75. The van der Waals surface area contributed by atoms with Gasteiger partial charge in [0.25, 0.3) is 21.8 Å². The molecule has 4 aromatic rings. The van der Waals surface area contributed by atoms with Gasteiger partial charge in [-0.1, -0.05) is 73.1 Å². The van der Waals surface area contributed by atoms with Crippen LogP contribution in [0.1, 0.15) is 35.3 Å². The van der Waals surface area contributed by atoms with Gasteiger partial charge in [0, 0.05) is 16.3 Å². The molecule has 0 aromatic heterocycles. The molecule has 4 rings (SSSR count). The van der Waals surface area contributed by atoms with Crippen molar-refractivity contribution >= 4 is 50.5 Å². The summed E-state index contributed by atoms with van der Waals surface area (Å²) < 4.78 is 28.3. The number of para-hydroxylation sites is 1. The van der Waals surface area contributed by atoms with Crippen molar-refractivity contribution in [1.29, 1.82) is 0 Å². The summed E-state index contributed by atoms with van der Waals surface area (Å²) in [5.74, 6) is -0.931. The lowest BCUT2D eigenvalue weighted by Gasteiger charge is -2.25. The van der Waals surface area contributed by atoms with E-state index in [4.69, 9.17) is 11.6 Å². The highest BCUT2D eigenvalue weighted by Crippen LogP contribution is 2.27. The number of hydrogen-bond acceptors (Lipinski definition) is 5. The molecule has 0 saturated carbocycles. The second-order valence-corrected chi connectivity index (χ2v) is 11.4. The van der Waals surface area contributed by atoms with E-state index in [0.29, 0.717) is 39.7 Å². The number of hydrazone groups is 1. The van der Waals surface area contributed by atoms with Gasteiger partial charge in [-0.15, -0.1) is 0 Å². The van der Waals surface area contributed by atoms with Crippen molar-refractivity contribution in [3.05, 3.63) is 125 Å². The topological polar surface area (TPSA) is 108 Å². The Morgan fingerprint density at radius 2 is 1.54 bits per heavy atom. The molecule has 210 valence electrons. The molecule has 2 amide bonds. The number of hydrogen-bond donors (Lipinski definition) is 2. The molecule has 0 unspecified atom stereocenters. The van der Waals surface area contributed by atoms with E-state index < -0.39 is 22.5 Å². The monoisotopic (exact) mass is 588 g/mol. The first kappa shape index (κ1) is 29.5. The molecule has 4 aromatic carbocycles. The minimum Gasteiger partial charge on any atom is -0.322 e. The van der Waals surface area contributed by atoms with Crippen LogP contribution in [0.15, 0.2) is 113 Å². The van der Waals surface area contributed by atoms with E-state index in [1.54, 1.807) is 85.8 Å².